The van der Waals surface area contributed by atoms with Crippen molar-refractivity contribution in [2.75, 3.05) is 0 Å². The van der Waals surface area contributed by atoms with Crippen LogP contribution in [0.4, 0.5) is 0 Å². The Hall–Kier alpha value is -2.68. The highest BCUT2D eigenvalue weighted by atomic mass is 16.3. The SMILES string of the molecule is [2H]C([2H])([2H])C([2H])(C)c1ccnc(-c2cccc3c2oc2nc(CC)ccc23)c1. The maximum absolute atomic E-state index is 8.35. The summed E-state index contributed by atoms with van der Waals surface area (Å²) in [6.07, 6.45) is 2.36. The molecule has 3 nitrogen and oxygen atoms in total. The molecule has 1 unspecified atom stereocenters. The molecule has 0 aliphatic rings. The molecule has 0 saturated carbocycles. The summed E-state index contributed by atoms with van der Waals surface area (Å²) in [5.41, 5.74) is 3.89. The standard InChI is InChI=1S/C21H20N2O/c1-4-15-8-9-17-16-6-5-7-18(20(16)24-21(17)23-15)19-12-14(13(2)3)10-11-22-19/h5-13H,4H2,1-3H3/i2D3,13D. The lowest BCUT2D eigenvalue weighted by Crippen LogP contribution is -1.90. The molecule has 3 heterocycles. The molecule has 0 amide bonds. The van der Waals surface area contributed by atoms with Crippen LogP contribution in [0.15, 0.2) is 53.1 Å². The highest BCUT2D eigenvalue weighted by molar-refractivity contribution is 6.08. The molecule has 3 heteroatoms. The first kappa shape index (κ1) is 11.0. The Labute approximate surface area is 147 Å². The van der Waals surface area contributed by atoms with E-state index in [9.17, 15) is 0 Å². The zero-order valence-electron chi connectivity index (χ0n) is 17.6. The minimum Gasteiger partial charge on any atom is -0.437 e. The molecule has 120 valence electrons. The lowest BCUT2D eigenvalue weighted by molar-refractivity contribution is 0.652. The van der Waals surface area contributed by atoms with Crippen molar-refractivity contribution >= 4 is 22.1 Å². The summed E-state index contributed by atoms with van der Waals surface area (Å²) in [4.78, 5) is 8.98. The highest BCUT2D eigenvalue weighted by Crippen LogP contribution is 2.35. The van der Waals surface area contributed by atoms with Crippen molar-refractivity contribution in [2.45, 2.75) is 33.0 Å². The number of hydrogen-bond acceptors (Lipinski definition) is 3. The van der Waals surface area contributed by atoms with E-state index in [0.29, 0.717) is 22.6 Å². The van der Waals surface area contributed by atoms with Crippen LogP contribution in [0.3, 0.4) is 0 Å². The summed E-state index contributed by atoms with van der Waals surface area (Å²) in [5, 5.41) is 1.86. The summed E-state index contributed by atoms with van der Waals surface area (Å²) >= 11 is 0. The fraction of sp³-hybridized carbons (Fsp3) is 0.238. The third-order valence-electron chi connectivity index (χ3n) is 4.25. The van der Waals surface area contributed by atoms with Gasteiger partial charge in [0.2, 0.25) is 5.71 Å². The zero-order chi connectivity index (χ0) is 20.1. The predicted octanol–water partition coefficient (Wildman–Crippen LogP) is 5.73. The van der Waals surface area contributed by atoms with Crippen molar-refractivity contribution in [1.82, 2.24) is 9.97 Å². The Bertz CT molecular complexity index is 1180. The number of pyridine rings is 2. The molecule has 0 aliphatic carbocycles. The number of nitrogens with zero attached hydrogens (tertiary/aromatic N) is 2. The number of benzene rings is 1. The second kappa shape index (κ2) is 5.75. The average molecular weight is 320 g/mol. The van der Waals surface area contributed by atoms with Crippen LogP contribution in [-0.4, -0.2) is 9.97 Å². The van der Waals surface area contributed by atoms with Crippen LogP contribution in [0.2, 0.25) is 0 Å². The van der Waals surface area contributed by atoms with Crippen LogP contribution in [0.5, 0.6) is 0 Å². The van der Waals surface area contributed by atoms with Gasteiger partial charge in [-0.15, -0.1) is 0 Å². The van der Waals surface area contributed by atoms with Crippen molar-refractivity contribution in [3.8, 4) is 11.3 Å². The number of hydrogen-bond donors (Lipinski definition) is 0. The maximum atomic E-state index is 8.35. The monoisotopic (exact) mass is 320 g/mol. The first-order valence-electron chi connectivity index (χ1n) is 10.0. The van der Waals surface area contributed by atoms with E-state index in [1.54, 1.807) is 12.1 Å². The lowest BCUT2D eigenvalue weighted by atomic mass is 10.0. The number of para-hydroxylation sites is 1. The Morgan fingerprint density at radius 3 is 2.96 bits per heavy atom. The molecule has 0 aliphatic heterocycles. The first-order chi connectivity index (χ1) is 13.2. The summed E-state index contributed by atoms with van der Waals surface area (Å²) in [6, 6.07) is 13.0. The molecule has 4 aromatic rings. The van der Waals surface area contributed by atoms with E-state index in [0.717, 1.165) is 28.5 Å². The quantitative estimate of drug-likeness (QED) is 0.484. The number of rotatable bonds is 3. The van der Waals surface area contributed by atoms with Crippen molar-refractivity contribution in [3.05, 3.63) is 59.9 Å². The molecule has 1 atom stereocenters. The van der Waals surface area contributed by atoms with E-state index in [1.807, 2.05) is 37.3 Å². The number of furan rings is 1. The van der Waals surface area contributed by atoms with E-state index < -0.39 is 12.7 Å². The van der Waals surface area contributed by atoms with Gasteiger partial charge in [0, 0.05) is 33.7 Å². The molecule has 0 fully saturated rings. The molecule has 1 aromatic carbocycles. The van der Waals surface area contributed by atoms with Crippen LogP contribution in [-0.2, 0) is 6.42 Å². The largest absolute Gasteiger partial charge is 0.437 e. The third kappa shape index (κ3) is 2.37. The molecule has 24 heavy (non-hydrogen) atoms. The Balaban J connectivity index is 1.92. The van der Waals surface area contributed by atoms with Gasteiger partial charge >= 0.3 is 0 Å². The number of aromatic nitrogens is 2. The van der Waals surface area contributed by atoms with E-state index >= 15 is 0 Å². The predicted molar refractivity (Wildman–Crippen MR) is 98.2 cm³/mol. The van der Waals surface area contributed by atoms with Gasteiger partial charge in [-0.25, -0.2) is 4.98 Å². The van der Waals surface area contributed by atoms with Crippen molar-refractivity contribution in [3.63, 3.8) is 0 Å². The smallest absolute Gasteiger partial charge is 0.227 e. The van der Waals surface area contributed by atoms with Crippen LogP contribution >= 0.6 is 0 Å². The Kier molecular flexibility index (Phi) is 2.63. The van der Waals surface area contributed by atoms with Crippen LogP contribution in [0.1, 0.15) is 43.3 Å². The Morgan fingerprint density at radius 2 is 2.12 bits per heavy atom. The fourth-order valence-electron chi connectivity index (χ4n) is 2.93. The van der Waals surface area contributed by atoms with E-state index in [-0.39, 0.29) is 0 Å². The molecule has 3 aromatic heterocycles. The summed E-state index contributed by atoms with van der Waals surface area (Å²) < 4.78 is 37.5. The summed E-state index contributed by atoms with van der Waals surface area (Å²) in [6.45, 7) is 0.995. The van der Waals surface area contributed by atoms with Crippen molar-refractivity contribution in [1.29, 1.82) is 0 Å². The summed E-state index contributed by atoms with van der Waals surface area (Å²) in [5.74, 6) is -1.73. The van der Waals surface area contributed by atoms with Gasteiger partial charge in [-0.1, -0.05) is 32.8 Å². The van der Waals surface area contributed by atoms with Gasteiger partial charge in [-0.2, -0.15) is 0 Å². The molecule has 0 spiro atoms. The minimum absolute atomic E-state index is 0.386. The molecular formula is C21H20N2O. The van der Waals surface area contributed by atoms with Gasteiger partial charge in [0.05, 0.1) is 5.69 Å². The van der Waals surface area contributed by atoms with E-state index in [1.165, 1.54) is 13.1 Å². The van der Waals surface area contributed by atoms with E-state index in [2.05, 4.69) is 9.97 Å². The molecule has 4 rings (SSSR count). The van der Waals surface area contributed by atoms with Gasteiger partial charge < -0.3 is 4.42 Å². The van der Waals surface area contributed by atoms with Gasteiger partial charge in [-0.3, -0.25) is 4.98 Å². The second-order valence-corrected chi connectivity index (χ2v) is 5.85. The van der Waals surface area contributed by atoms with Crippen LogP contribution in [0, 0.1) is 0 Å². The van der Waals surface area contributed by atoms with Gasteiger partial charge in [0.25, 0.3) is 0 Å². The molecule has 0 radical (unpaired) electrons. The average Bonchev–Trinajstić information content (AvgIpc) is 3.04. The Morgan fingerprint density at radius 1 is 1.21 bits per heavy atom. The summed E-state index contributed by atoms with van der Waals surface area (Å²) in [7, 11) is 0. The third-order valence-corrected chi connectivity index (χ3v) is 4.25. The topological polar surface area (TPSA) is 38.9 Å². The van der Waals surface area contributed by atoms with Crippen LogP contribution in [0.25, 0.3) is 33.3 Å². The van der Waals surface area contributed by atoms with Crippen molar-refractivity contribution < 1.29 is 9.90 Å². The highest BCUT2D eigenvalue weighted by Gasteiger charge is 2.14. The second-order valence-electron chi connectivity index (χ2n) is 5.85. The minimum atomic E-state index is -2.45. The zero-order valence-corrected chi connectivity index (χ0v) is 13.6. The van der Waals surface area contributed by atoms with Gasteiger partial charge in [0.1, 0.15) is 5.58 Å². The molecule has 0 N–H and O–H groups in total. The maximum Gasteiger partial charge on any atom is 0.227 e. The lowest BCUT2D eigenvalue weighted by Gasteiger charge is -2.07. The fourth-order valence-corrected chi connectivity index (χ4v) is 2.93. The van der Waals surface area contributed by atoms with Crippen molar-refractivity contribution in [2.24, 2.45) is 0 Å². The van der Waals surface area contributed by atoms with Gasteiger partial charge in [-0.05, 0) is 48.2 Å². The normalized spacial score (nSPS) is 17.1. The molecule has 0 saturated heterocycles. The first-order valence-corrected chi connectivity index (χ1v) is 8.00. The van der Waals surface area contributed by atoms with E-state index in [4.69, 9.17) is 9.90 Å². The molecular weight excluding hydrogens is 296 g/mol. The molecule has 0 bridgehead atoms. The van der Waals surface area contributed by atoms with Crippen LogP contribution < -0.4 is 0 Å². The number of aryl methyl sites for hydroxylation is 1. The van der Waals surface area contributed by atoms with Gasteiger partial charge in [0.15, 0.2) is 0 Å². The number of fused-ring (bicyclic) bond motifs is 3.